The van der Waals surface area contributed by atoms with E-state index in [1.54, 1.807) is 0 Å². The van der Waals surface area contributed by atoms with Crippen LogP contribution in [0.5, 0.6) is 0 Å². The molecule has 0 aromatic heterocycles. The predicted molar refractivity (Wildman–Crippen MR) is 40.3 cm³/mol. The second-order valence-electron chi connectivity index (χ2n) is 2.21. The lowest BCUT2D eigenvalue weighted by atomic mass is 10.2. The molecule has 72 valence electrons. The minimum atomic E-state index is -3.00. The predicted octanol–water partition coefficient (Wildman–Crippen LogP) is -0.822. The Bertz CT molecular complexity index is 153. The summed E-state index contributed by atoms with van der Waals surface area (Å²) in [5, 5.41) is 25.8. The lowest BCUT2D eigenvalue weighted by Crippen LogP contribution is -2.44. The monoisotopic (exact) mass is 198 g/mol. The van der Waals surface area contributed by atoms with Gasteiger partial charge in [-0.2, -0.15) is 0 Å². The van der Waals surface area contributed by atoms with Gasteiger partial charge in [-0.05, 0) is 6.42 Å². The Morgan fingerprint density at radius 2 is 2.08 bits per heavy atom. The zero-order valence-corrected chi connectivity index (χ0v) is 7.28. The Balaban J connectivity index is 4.09. The van der Waals surface area contributed by atoms with Crippen molar-refractivity contribution in [1.29, 1.82) is 0 Å². The minimum Gasteiger partial charge on any atom is -0.453 e. The number of aliphatic hydroxyl groups is 3. The molecule has 1 atom stereocenters. The number of carbonyl (C=O) groups excluding carboxylic acids is 1. The lowest BCUT2D eigenvalue weighted by Gasteiger charge is -2.24. The van der Waals surface area contributed by atoms with E-state index in [0.717, 1.165) is 0 Å². The van der Waals surface area contributed by atoms with Crippen molar-refractivity contribution >= 4 is 17.6 Å². The number of ether oxygens (including phenoxy) is 1. The number of hydrogen-bond acceptors (Lipinski definition) is 5. The molecule has 12 heavy (non-hydrogen) atoms. The Labute approximate surface area is 74.5 Å². The summed E-state index contributed by atoms with van der Waals surface area (Å²) in [5.41, 5.74) is 0. The van der Waals surface area contributed by atoms with Gasteiger partial charge in [0, 0.05) is 0 Å². The van der Waals surface area contributed by atoms with Gasteiger partial charge in [0.05, 0.1) is 0 Å². The maximum absolute atomic E-state index is 10.5. The lowest BCUT2D eigenvalue weighted by molar-refractivity contribution is -0.355. The van der Waals surface area contributed by atoms with Gasteiger partial charge in [0.1, 0.15) is 5.88 Å². The highest BCUT2D eigenvalue weighted by atomic mass is 35.5. The molecule has 0 spiro atoms. The molecule has 0 rings (SSSR count). The van der Waals surface area contributed by atoms with Crippen LogP contribution in [-0.2, 0) is 9.53 Å². The zero-order valence-electron chi connectivity index (χ0n) is 6.53. The van der Waals surface area contributed by atoms with Crippen molar-refractivity contribution in [1.82, 2.24) is 0 Å². The van der Waals surface area contributed by atoms with Gasteiger partial charge in [0.15, 0.2) is 6.10 Å². The van der Waals surface area contributed by atoms with Crippen LogP contribution in [-0.4, -0.2) is 39.2 Å². The Morgan fingerprint density at radius 3 is 2.33 bits per heavy atom. The molecule has 0 aliphatic rings. The van der Waals surface area contributed by atoms with E-state index in [9.17, 15) is 4.79 Å². The van der Waals surface area contributed by atoms with Crippen LogP contribution in [0.1, 0.15) is 13.3 Å². The van der Waals surface area contributed by atoms with Crippen molar-refractivity contribution in [3.63, 3.8) is 0 Å². The largest absolute Gasteiger partial charge is 0.453 e. The summed E-state index contributed by atoms with van der Waals surface area (Å²) in [6, 6.07) is 0. The first-order valence-corrected chi connectivity index (χ1v) is 3.87. The van der Waals surface area contributed by atoms with Crippen molar-refractivity contribution < 1.29 is 24.9 Å². The van der Waals surface area contributed by atoms with Crippen molar-refractivity contribution in [2.45, 2.75) is 25.4 Å². The molecule has 0 amide bonds. The number of alkyl halides is 1. The van der Waals surface area contributed by atoms with Gasteiger partial charge in [0.25, 0.3) is 0 Å². The fourth-order valence-corrected chi connectivity index (χ4v) is 0.689. The van der Waals surface area contributed by atoms with Crippen molar-refractivity contribution in [3.05, 3.63) is 0 Å². The molecule has 0 heterocycles. The van der Waals surface area contributed by atoms with E-state index in [1.165, 1.54) is 6.92 Å². The second kappa shape index (κ2) is 4.61. The maximum Gasteiger partial charge on any atom is 0.321 e. The van der Waals surface area contributed by atoms with Crippen LogP contribution < -0.4 is 0 Å². The SMILES string of the molecule is CCC(OC(=O)CCl)C(O)(O)O. The number of halogens is 1. The Hall–Kier alpha value is -0.360. The third-order valence-corrected chi connectivity index (χ3v) is 1.40. The van der Waals surface area contributed by atoms with E-state index < -0.39 is 23.9 Å². The first-order chi connectivity index (χ1) is 5.41. The highest BCUT2D eigenvalue weighted by Crippen LogP contribution is 2.11. The molecule has 0 saturated carbocycles. The van der Waals surface area contributed by atoms with E-state index in [0.29, 0.717) is 0 Å². The molecule has 0 radical (unpaired) electrons. The fraction of sp³-hybridized carbons (Fsp3) is 0.833. The molecule has 0 fully saturated rings. The first-order valence-electron chi connectivity index (χ1n) is 3.34. The first kappa shape index (κ1) is 11.6. The molecule has 1 unspecified atom stereocenters. The third kappa shape index (κ3) is 3.87. The highest BCUT2D eigenvalue weighted by Gasteiger charge is 2.33. The van der Waals surface area contributed by atoms with Gasteiger partial charge >= 0.3 is 11.9 Å². The van der Waals surface area contributed by atoms with E-state index >= 15 is 0 Å². The van der Waals surface area contributed by atoms with E-state index in [1.807, 2.05) is 0 Å². The maximum atomic E-state index is 10.5. The van der Waals surface area contributed by atoms with E-state index in [-0.39, 0.29) is 6.42 Å². The molecule has 0 aromatic rings. The molecule has 6 heteroatoms. The topological polar surface area (TPSA) is 87.0 Å². The fourth-order valence-electron chi connectivity index (χ4n) is 0.626. The molecular weight excluding hydrogens is 188 g/mol. The van der Waals surface area contributed by atoms with Crippen molar-refractivity contribution in [2.75, 3.05) is 5.88 Å². The van der Waals surface area contributed by atoms with Crippen LogP contribution in [0, 0.1) is 0 Å². The van der Waals surface area contributed by atoms with Gasteiger partial charge in [-0.15, -0.1) is 11.6 Å². The van der Waals surface area contributed by atoms with Crippen molar-refractivity contribution in [3.8, 4) is 0 Å². The van der Waals surface area contributed by atoms with E-state index in [2.05, 4.69) is 4.74 Å². The highest BCUT2D eigenvalue weighted by molar-refractivity contribution is 6.26. The molecule has 0 aromatic carbocycles. The van der Waals surface area contributed by atoms with Crippen LogP contribution in [0.4, 0.5) is 0 Å². The summed E-state index contributed by atoms with van der Waals surface area (Å²) in [5.74, 6) is -4.21. The summed E-state index contributed by atoms with van der Waals surface area (Å²) >= 11 is 5.08. The standard InChI is InChI=1S/C6H11ClO5/c1-2-4(6(9,10)11)12-5(8)3-7/h4,9-11H,2-3H2,1H3. The quantitative estimate of drug-likeness (QED) is 0.312. The van der Waals surface area contributed by atoms with Crippen LogP contribution in [0.25, 0.3) is 0 Å². The Kier molecular flexibility index (Phi) is 4.47. The summed E-state index contributed by atoms with van der Waals surface area (Å²) in [4.78, 5) is 10.5. The number of esters is 1. The Morgan fingerprint density at radius 1 is 1.58 bits per heavy atom. The van der Waals surface area contributed by atoms with Gasteiger partial charge in [-0.25, -0.2) is 0 Å². The van der Waals surface area contributed by atoms with Gasteiger partial charge in [0.2, 0.25) is 0 Å². The molecular formula is C6H11ClO5. The molecule has 3 N–H and O–H groups in total. The van der Waals surface area contributed by atoms with Crippen molar-refractivity contribution in [2.24, 2.45) is 0 Å². The average molecular weight is 199 g/mol. The summed E-state index contributed by atoms with van der Waals surface area (Å²) in [7, 11) is 0. The normalized spacial score (nSPS) is 14.1. The third-order valence-electron chi connectivity index (χ3n) is 1.19. The summed E-state index contributed by atoms with van der Waals surface area (Å²) < 4.78 is 4.39. The molecule has 0 aliphatic carbocycles. The molecule has 0 aliphatic heterocycles. The van der Waals surface area contributed by atoms with Gasteiger partial charge in [-0.1, -0.05) is 6.92 Å². The smallest absolute Gasteiger partial charge is 0.321 e. The van der Waals surface area contributed by atoms with Gasteiger partial charge < -0.3 is 20.1 Å². The van der Waals surface area contributed by atoms with Crippen LogP contribution in [0.2, 0.25) is 0 Å². The average Bonchev–Trinajstić information content (AvgIpc) is 1.97. The minimum absolute atomic E-state index is 0.0755. The second-order valence-corrected chi connectivity index (χ2v) is 2.47. The summed E-state index contributed by atoms with van der Waals surface area (Å²) in [6.07, 6.45) is -1.30. The van der Waals surface area contributed by atoms with Crippen LogP contribution >= 0.6 is 11.6 Å². The number of hydrogen-bond donors (Lipinski definition) is 3. The summed E-state index contributed by atoms with van der Waals surface area (Å²) in [6.45, 7) is 1.52. The molecule has 0 bridgehead atoms. The zero-order chi connectivity index (χ0) is 9.78. The molecule has 5 nitrogen and oxygen atoms in total. The van der Waals surface area contributed by atoms with Gasteiger partial charge in [-0.3, -0.25) is 4.79 Å². The molecule has 0 saturated heterocycles. The van der Waals surface area contributed by atoms with Crippen LogP contribution in [0.3, 0.4) is 0 Å². The number of carbonyl (C=O) groups is 1. The van der Waals surface area contributed by atoms with E-state index in [4.69, 9.17) is 26.9 Å². The van der Waals surface area contributed by atoms with Crippen LogP contribution in [0.15, 0.2) is 0 Å². The number of rotatable bonds is 4.